The minimum absolute atomic E-state index is 0.321. The Morgan fingerprint density at radius 2 is 1.22 bits per heavy atom. The van der Waals surface area contributed by atoms with Crippen LogP contribution in [0, 0.1) is 0 Å². The third-order valence-electron chi connectivity index (χ3n) is 5.38. The van der Waals surface area contributed by atoms with E-state index in [4.69, 9.17) is 18.3 Å². The summed E-state index contributed by atoms with van der Waals surface area (Å²) in [5.41, 5.74) is 1.14. The van der Waals surface area contributed by atoms with Crippen molar-refractivity contribution < 1.29 is 27.9 Å². The Hall–Kier alpha value is -3.16. The first kappa shape index (κ1) is 23.5. The van der Waals surface area contributed by atoms with Crippen LogP contribution in [0.15, 0.2) is 57.3 Å². The maximum Gasteiger partial charge on any atom is 0.333 e. The molecule has 0 N–H and O–H groups in total. The van der Waals surface area contributed by atoms with E-state index in [2.05, 4.69) is 9.97 Å². The number of esters is 2. The second kappa shape index (κ2) is 12.0. The molecule has 2 aromatic rings. The molecular formula is C24H30N2O6. The van der Waals surface area contributed by atoms with E-state index < -0.39 is 0 Å². The van der Waals surface area contributed by atoms with Crippen LogP contribution in [0.1, 0.15) is 63.9 Å². The topological polar surface area (TPSA) is 105 Å². The van der Waals surface area contributed by atoms with Gasteiger partial charge in [0.15, 0.2) is 12.8 Å². The van der Waals surface area contributed by atoms with E-state index in [1.165, 1.54) is 12.8 Å². The van der Waals surface area contributed by atoms with Crippen molar-refractivity contribution in [1.29, 1.82) is 0 Å². The number of allylic oxidation sites excluding steroid dienone is 2. The molecule has 3 heterocycles. The fourth-order valence-electron chi connectivity index (χ4n) is 3.52. The van der Waals surface area contributed by atoms with Crippen molar-refractivity contribution in [2.24, 2.45) is 0 Å². The van der Waals surface area contributed by atoms with Crippen molar-refractivity contribution >= 4 is 11.9 Å². The third-order valence-corrected chi connectivity index (χ3v) is 5.38. The first-order valence-corrected chi connectivity index (χ1v) is 11.0. The van der Waals surface area contributed by atoms with Crippen LogP contribution in [0.25, 0.3) is 0 Å². The molecule has 0 amide bonds. The highest BCUT2D eigenvalue weighted by molar-refractivity contribution is 5.88. The lowest BCUT2D eigenvalue weighted by atomic mass is 10.0. The predicted molar refractivity (Wildman–Crippen MR) is 115 cm³/mol. The van der Waals surface area contributed by atoms with Crippen molar-refractivity contribution in [2.75, 3.05) is 0 Å². The molecule has 0 radical (unpaired) electrons. The molecule has 1 aliphatic heterocycles. The van der Waals surface area contributed by atoms with Crippen LogP contribution in [0.3, 0.4) is 0 Å². The van der Waals surface area contributed by atoms with Crippen LogP contribution in [0.5, 0.6) is 0 Å². The zero-order valence-corrected chi connectivity index (χ0v) is 18.6. The van der Waals surface area contributed by atoms with Crippen LogP contribution >= 0.6 is 0 Å². The lowest BCUT2D eigenvalue weighted by molar-refractivity contribution is -0.145. The summed E-state index contributed by atoms with van der Waals surface area (Å²) in [6, 6.07) is 0. The standard InChI is InChI=1S/C24H30N2O6/c1-17-7-3-5-9-20(12-22-14-26-16-30-22)32-24(28)18(2)8-4-6-10-19(31-23(17)27)11-21-13-25-15-29-21/h7-8,13-16,19-20H,3-6,9-12H2,1-2H3/b17-7+,18-8+/t19-,20-/m1/s1. The SMILES string of the molecule is C/C1=C\CCC[C@H](Cc2cnco2)OC(=O)/C(C)=C/CCC[C@H](Cc2cnco2)OC1=O. The number of oxazole rings is 2. The molecule has 8 nitrogen and oxygen atoms in total. The van der Waals surface area contributed by atoms with Gasteiger partial charge in [-0.2, -0.15) is 0 Å². The van der Waals surface area contributed by atoms with Gasteiger partial charge in [0.25, 0.3) is 0 Å². The van der Waals surface area contributed by atoms with Crippen molar-refractivity contribution in [1.82, 2.24) is 9.97 Å². The summed E-state index contributed by atoms with van der Waals surface area (Å²) >= 11 is 0. The van der Waals surface area contributed by atoms with Gasteiger partial charge >= 0.3 is 11.9 Å². The zero-order chi connectivity index (χ0) is 22.8. The number of cyclic esters (lactones) is 2. The van der Waals surface area contributed by atoms with E-state index in [0.717, 1.165) is 12.8 Å². The minimum Gasteiger partial charge on any atom is -0.459 e. The van der Waals surface area contributed by atoms with Gasteiger partial charge in [-0.1, -0.05) is 12.2 Å². The summed E-state index contributed by atoms with van der Waals surface area (Å²) in [4.78, 5) is 33.0. The quantitative estimate of drug-likeness (QED) is 0.637. The molecule has 0 fully saturated rings. The number of hydrogen-bond donors (Lipinski definition) is 0. The average molecular weight is 443 g/mol. The third kappa shape index (κ3) is 7.51. The Morgan fingerprint density at radius 1 is 0.781 bits per heavy atom. The first-order valence-electron chi connectivity index (χ1n) is 11.0. The average Bonchev–Trinajstić information content (AvgIpc) is 3.47. The Balaban J connectivity index is 1.69. The van der Waals surface area contributed by atoms with Gasteiger partial charge in [-0.15, -0.1) is 0 Å². The van der Waals surface area contributed by atoms with E-state index in [1.54, 1.807) is 26.2 Å². The Morgan fingerprint density at radius 3 is 1.59 bits per heavy atom. The molecule has 0 aliphatic carbocycles. The normalized spacial score (nSPS) is 25.2. The summed E-state index contributed by atoms with van der Waals surface area (Å²) in [6.45, 7) is 3.52. The van der Waals surface area contributed by atoms with Gasteiger partial charge in [0.05, 0.1) is 12.4 Å². The highest BCUT2D eigenvalue weighted by Gasteiger charge is 2.20. The van der Waals surface area contributed by atoms with Gasteiger partial charge in [-0.3, -0.25) is 0 Å². The van der Waals surface area contributed by atoms with Crippen molar-refractivity contribution in [3.8, 4) is 0 Å². The van der Waals surface area contributed by atoms with Gasteiger partial charge < -0.3 is 18.3 Å². The van der Waals surface area contributed by atoms with Crippen LogP contribution in [-0.4, -0.2) is 34.1 Å². The Bertz CT molecular complexity index is 838. The molecule has 32 heavy (non-hydrogen) atoms. The summed E-state index contributed by atoms with van der Waals surface area (Å²) in [7, 11) is 0. The lowest BCUT2D eigenvalue weighted by Crippen LogP contribution is -2.22. The number of rotatable bonds is 4. The van der Waals surface area contributed by atoms with Crippen molar-refractivity contribution in [2.45, 2.75) is 77.4 Å². The molecule has 8 heteroatoms. The van der Waals surface area contributed by atoms with Crippen LogP contribution in [0.4, 0.5) is 0 Å². The first-order chi connectivity index (χ1) is 15.5. The number of ether oxygens (including phenoxy) is 2. The molecule has 0 aromatic carbocycles. The fraction of sp³-hybridized carbons (Fsp3) is 0.500. The minimum atomic E-state index is -0.321. The molecular weight excluding hydrogens is 412 g/mol. The molecule has 0 unspecified atom stereocenters. The van der Waals surface area contributed by atoms with Crippen LogP contribution in [-0.2, 0) is 31.9 Å². The molecule has 1 aliphatic rings. The highest BCUT2D eigenvalue weighted by atomic mass is 16.5. The van der Waals surface area contributed by atoms with Crippen molar-refractivity contribution in [3.05, 3.63) is 60.0 Å². The molecule has 0 spiro atoms. The van der Waals surface area contributed by atoms with E-state index in [0.29, 0.717) is 61.2 Å². The molecule has 0 saturated carbocycles. The van der Waals surface area contributed by atoms with Gasteiger partial charge in [0.1, 0.15) is 23.7 Å². The second-order valence-corrected chi connectivity index (χ2v) is 8.03. The van der Waals surface area contributed by atoms with Crippen LogP contribution in [0.2, 0.25) is 0 Å². The molecule has 172 valence electrons. The van der Waals surface area contributed by atoms with Gasteiger partial charge in [0.2, 0.25) is 0 Å². The maximum atomic E-state index is 12.6. The summed E-state index contributed by atoms with van der Waals surface area (Å²) < 4.78 is 22.1. The second-order valence-electron chi connectivity index (χ2n) is 8.03. The van der Waals surface area contributed by atoms with Crippen LogP contribution < -0.4 is 0 Å². The number of aromatic nitrogens is 2. The monoisotopic (exact) mass is 442 g/mol. The van der Waals surface area contributed by atoms with Gasteiger partial charge in [-0.25, -0.2) is 19.6 Å². The number of hydrogen-bond acceptors (Lipinski definition) is 8. The van der Waals surface area contributed by atoms with Crippen molar-refractivity contribution in [3.63, 3.8) is 0 Å². The molecule has 3 rings (SSSR count). The lowest BCUT2D eigenvalue weighted by Gasteiger charge is -2.18. The largest absolute Gasteiger partial charge is 0.459 e. The zero-order valence-electron chi connectivity index (χ0n) is 18.6. The Kier molecular flexibility index (Phi) is 8.83. The smallest absolute Gasteiger partial charge is 0.333 e. The number of nitrogens with zero attached hydrogens (tertiary/aromatic N) is 2. The molecule has 0 bridgehead atoms. The Labute approximate surface area is 187 Å². The predicted octanol–water partition coefficient (Wildman–Crippen LogP) is 4.52. The highest BCUT2D eigenvalue weighted by Crippen LogP contribution is 2.18. The molecule has 2 aromatic heterocycles. The fourth-order valence-corrected chi connectivity index (χ4v) is 3.52. The molecule has 0 saturated heterocycles. The number of carbonyl (C=O) groups excluding carboxylic acids is 2. The maximum absolute atomic E-state index is 12.6. The van der Waals surface area contributed by atoms with Gasteiger partial charge in [-0.05, 0) is 52.4 Å². The summed E-state index contributed by atoms with van der Waals surface area (Å²) in [5, 5.41) is 0. The summed E-state index contributed by atoms with van der Waals surface area (Å²) in [6.07, 6.45) is 14.2. The van der Waals surface area contributed by atoms with E-state index >= 15 is 0 Å². The van der Waals surface area contributed by atoms with E-state index in [9.17, 15) is 9.59 Å². The summed E-state index contributed by atoms with van der Waals surface area (Å²) in [5.74, 6) is 0.704. The van der Waals surface area contributed by atoms with Gasteiger partial charge in [0, 0.05) is 24.0 Å². The number of carbonyl (C=O) groups is 2. The van der Waals surface area contributed by atoms with E-state index in [-0.39, 0.29) is 24.1 Å². The molecule has 2 atom stereocenters. The van der Waals surface area contributed by atoms with E-state index in [1.807, 2.05) is 12.2 Å².